The van der Waals surface area contributed by atoms with Gasteiger partial charge >= 0.3 is 0 Å². The Balaban J connectivity index is 1.94. The maximum absolute atomic E-state index is 12.2. The molecule has 1 aliphatic rings. The summed E-state index contributed by atoms with van der Waals surface area (Å²) in [5.74, 6) is 0.516. The van der Waals surface area contributed by atoms with Crippen molar-refractivity contribution in [2.45, 2.75) is 30.6 Å². The van der Waals surface area contributed by atoms with Crippen LogP contribution in [0.15, 0.2) is 29.2 Å². The standard InChI is InChI=1S/C14H21N3O3S/c15-9-10-1-3-11(4-2-10)14(18)17-12-5-7-13(8-6-12)21(16,19)20/h5-8,10-11H,1-4,9,15H2,(H,17,18)(H2,16,19,20). The molecular weight excluding hydrogens is 290 g/mol. The van der Waals surface area contributed by atoms with Gasteiger partial charge in [0.25, 0.3) is 0 Å². The lowest BCUT2D eigenvalue weighted by Gasteiger charge is -2.26. The van der Waals surface area contributed by atoms with Crippen LogP contribution in [0.1, 0.15) is 25.7 Å². The predicted octanol–water partition coefficient (Wildman–Crippen LogP) is 1.04. The van der Waals surface area contributed by atoms with Gasteiger partial charge < -0.3 is 11.1 Å². The van der Waals surface area contributed by atoms with Crippen LogP contribution in [0.3, 0.4) is 0 Å². The second-order valence-electron chi connectivity index (χ2n) is 5.51. The molecule has 0 aliphatic heterocycles. The van der Waals surface area contributed by atoms with E-state index < -0.39 is 10.0 Å². The average molecular weight is 311 g/mol. The quantitative estimate of drug-likeness (QED) is 0.770. The van der Waals surface area contributed by atoms with Crippen molar-refractivity contribution in [2.75, 3.05) is 11.9 Å². The normalized spacial score (nSPS) is 22.8. The zero-order valence-corrected chi connectivity index (χ0v) is 12.6. The van der Waals surface area contributed by atoms with Crippen molar-refractivity contribution in [1.29, 1.82) is 0 Å². The summed E-state index contributed by atoms with van der Waals surface area (Å²) in [6.45, 7) is 0.684. The van der Waals surface area contributed by atoms with E-state index in [0.717, 1.165) is 25.7 Å². The maximum atomic E-state index is 12.2. The minimum Gasteiger partial charge on any atom is -0.330 e. The Morgan fingerprint density at radius 3 is 2.19 bits per heavy atom. The molecule has 7 heteroatoms. The molecule has 0 saturated heterocycles. The van der Waals surface area contributed by atoms with Crippen LogP contribution >= 0.6 is 0 Å². The molecule has 0 aromatic heterocycles. The lowest BCUT2D eigenvalue weighted by Crippen LogP contribution is -2.29. The zero-order valence-electron chi connectivity index (χ0n) is 11.8. The Kier molecular flexibility index (Phi) is 4.97. The van der Waals surface area contributed by atoms with Gasteiger partial charge in [-0.05, 0) is 62.4 Å². The number of anilines is 1. The van der Waals surface area contributed by atoms with Crippen molar-refractivity contribution in [1.82, 2.24) is 0 Å². The van der Waals surface area contributed by atoms with Gasteiger partial charge in [0.2, 0.25) is 15.9 Å². The number of carbonyl (C=O) groups excluding carboxylic acids is 1. The third kappa shape index (κ3) is 4.26. The summed E-state index contributed by atoms with van der Waals surface area (Å²) in [4.78, 5) is 12.2. The number of hydrogen-bond acceptors (Lipinski definition) is 4. The number of primary sulfonamides is 1. The topological polar surface area (TPSA) is 115 Å². The van der Waals surface area contributed by atoms with Crippen LogP contribution in [0, 0.1) is 11.8 Å². The summed E-state index contributed by atoms with van der Waals surface area (Å²) in [5.41, 5.74) is 6.21. The second kappa shape index (κ2) is 6.55. The van der Waals surface area contributed by atoms with E-state index in [1.54, 1.807) is 12.1 Å². The minimum atomic E-state index is -3.70. The Bertz CT molecular complexity index is 590. The lowest BCUT2D eigenvalue weighted by atomic mass is 9.81. The molecular formula is C14H21N3O3S. The summed E-state index contributed by atoms with van der Waals surface area (Å²) in [6.07, 6.45) is 3.67. The van der Waals surface area contributed by atoms with E-state index in [9.17, 15) is 13.2 Å². The monoisotopic (exact) mass is 311 g/mol. The van der Waals surface area contributed by atoms with E-state index in [1.807, 2.05) is 0 Å². The Morgan fingerprint density at radius 1 is 1.14 bits per heavy atom. The first-order valence-electron chi connectivity index (χ1n) is 7.04. The fourth-order valence-corrected chi connectivity index (χ4v) is 3.15. The van der Waals surface area contributed by atoms with E-state index in [4.69, 9.17) is 10.9 Å². The van der Waals surface area contributed by atoms with Gasteiger partial charge in [0.1, 0.15) is 0 Å². The fourth-order valence-electron chi connectivity index (χ4n) is 2.63. The van der Waals surface area contributed by atoms with Gasteiger partial charge in [-0.1, -0.05) is 0 Å². The first kappa shape index (κ1) is 15.9. The van der Waals surface area contributed by atoms with Gasteiger partial charge in [0.15, 0.2) is 0 Å². The van der Waals surface area contributed by atoms with E-state index in [1.165, 1.54) is 12.1 Å². The number of rotatable bonds is 4. The fraction of sp³-hybridized carbons (Fsp3) is 0.500. The van der Waals surface area contributed by atoms with Crippen LogP contribution in [0.25, 0.3) is 0 Å². The van der Waals surface area contributed by atoms with E-state index in [2.05, 4.69) is 5.32 Å². The van der Waals surface area contributed by atoms with Gasteiger partial charge in [0.05, 0.1) is 4.90 Å². The maximum Gasteiger partial charge on any atom is 0.238 e. The van der Waals surface area contributed by atoms with Gasteiger partial charge in [-0.3, -0.25) is 4.79 Å². The van der Waals surface area contributed by atoms with Crippen molar-refractivity contribution in [3.05, 3.63) is 24.3 Å². The number of nitrogens with one attached hydrogen (secondary N) is 1. The molecule has 0 atom stereocenters. The van der Waals surface area contributed by atoms with E-state index in [-0.39, 0.29) is 16.7 Å². The summed E-state index contributed by atoms with van der Waals surface area (Å²) in [5, 5.41) is 7.84. The predicted molar refractivity (Wildman–Crippen MR) is 80.9 cm³/mol. The first-order valence-corrected chi connectivity index (χ1v) is 8.58. The molecule has 0 heterocycles. The Hall–Kier alpha value is -1.44. The van der Waals surface area contributed by atoms with E-state index >= 15 is 0 Å². The van der Waals surface area contributed by atoms with Crippen LogP contribution in [0.5, 0.6) is 0 Å². The molecule has 116 valence electrons. The minimum absolute atomic E-state index is 0.00529. The molecule has 5 N–H and O–H groups in total. The highest BCUT2D eigenvalue weighted by Crippen LogP contribution is 2.29. The van der Waals surface area contributed by atoms with Crippen molar-refractivity contribution in [2.24, 2.45) is 22.7 Å². The Labute approximate surface area is 124 Å². The highest BCUT2D eigenvalue weighted by molar-refractivity contribution is 7.89. The summed E-state index contributed by atoms with van der Waals surface area (Å²) >= 11 is 0. The molecule has 2 rings (SSSR count). The first-order chi connectivity index (χ1) is 9.90. The van der Waals surface area contributed by atoms with E-state index in [0.29, 0.717) is 18.2 Å². The van der Waals surface area contributed by atoms with Gasteiger partial charge in [-0.15, -0.1) is 0 Å². The molecule has 1 aromatic carbocycles. The number of amides is 1. The van der Waals surface area contributed by atoms with Crippen molar-refractivity contribution in [3.8, 4) is 0 Å². The van der Waals surface area contributed by atoms with Crippen LogP contribution in [0.4, 0.5) is 5.69 Å². The number of nitrogens with two attached hydrogens (primary N) is 2. The van der Waals surface area contributed by atoms with Gasteiger partial charge in [-0.25, -0.2) is 13.6 Å². The molecule has 21 heavy (non-hydrogen) atoms. The molecule has 1 aromatic rings. The summed E-state index contributed by atoms with van der Waals surface area (Å²) in [7, 11) is -3.70. The number of carbonyl (C=O) groups is 1. The molecule has 1 saturated carbocycles. The van der Waals surface area contributed by atoms with Gasteiger partial charge in [0, 0.05) is 11.6 Å². The van der Waals surface area contributed by atoms with Gasteiger partial charge in [-0.2, -0.15) is 0 Å². The second-order valence-corrected chi connectivity index (χ2v) is 7.07. The highest BCUT2D eigenvalue weighted by Gasteiger charge is 2.25. The molecule has 0 unspecified atom stereocenters. The molecule has 0 bridgehead atoms. The van der Waals surface area contributed by atoms with Crippen molar-refractivity contribution < 1.29 is 13.2 Å². The molecule has 0 spiro atoms. The number of sulfonamides is 1. The molecule has 1 amide bonds. The average Bonchev–Trinajstić information content (AvgIpc) is 2.47. The van der Waals surface area contributed by atoms with Crippen LogP contribution < -0.4 is 16.2 Å². The Morgan fingerprint density at radius 2 is 1.71 bits per heavy atom. The zero-order chi connectivity index (χ0) is 15.5. The lowest BCUT2D eigenvalue weighted by molar-refractivity contribution is -0.121. The molecule has 1 fully saturated rings. The van der Waals surface area contributed by atoms with Crippen LogP contribution in [0.2, 0.25) is 0 Å². The SMILES string of the molecule is NCC1CCC(C(=O)Nc2ccc(S(N)(=O)=O)cc2)CC1. The molecule has 0 radical (unpaired) electrons. The highest BCUT2D eigenvalue weighted by atomic mass is 32.2. The molecule has 6 nitrogen and oxygen atoms in total. The van der Waals surface area contributed by atoms with Crippen LogP contribution in [-0.2, 0) is 14.8 Å². The summed E-state index contributed by atoms with van der Waals surface area (Å²) in [6, 6.07) is 5.86. The molecule has 1 aliphatic carbocycles. The van der Waals surface area contributed by atoms with Crippen molar-refractivity contribution in [3.63, 3.8) is 0 Å². The summed E-state index contributed by atoms with van der Waals surface area (Å²) < 4.78 is 22.3. The smallest absolute Gasteiger partial charge is 0.238 e. The van der Waals surface area contributed by atoms with Crippen molar-refractivity contribution >= 4 is 21.6 Å². The number of benzene rings is 1. The number of hydrogen-bond donors (Lipinski definition) is 3. The third-order valence-corrected chi connectivity index (χ3v) is 4.93. The third-order valence-electron chi connectivity index (χ3n) is 4.00. The van der Waals surface area contributed by atoms with Crippen LogP contribution in [-0.4, -0.2) is 20.9 Å². The largest absolute Gasteiger partial charge is 0.330 e.